The Labute approximate surface area is 244 Å². The quantitative estimate of drug-likeness (QED) is 0.394. The molecule has 3 aliphatic rings. The van der Waals surface area contributed by atoms with Crippen molar-refractivity contribution in [1.82, 2.24) is 20.2 Å². The molecule has 0 spiro atoms. The lowest BCUT2D eigenvalue weighted by molar-refractivity contribution is -0.145. The Morgan fingerprint density at radius 3 is 2.64 bits per heavy atom. The first-order chi connectivity index (χ1) is 20.4. The number of carbonyl (C=O) groups is 3. The average Bonchev–Trinajstić information content (AvgIpc) is 3.53. The SMILES string of the molecule is O=C1N[C@]2(C(=O)O)C[C@H]2C=CCCCCC[C@H](Nc2ccccc2)C(=O)N2C[C@H](Oc3cnc4ccccc4n3)C[C@@H]12. The number of rotatable bonds is 5. The van der Waals surface area contributed by atoms with E-state index in [4.69, 9.17) is 4.74 Å². The number of nitrogens with zero attached hydrogens (tertiary/aromatic N) is 3. The van der Waals surface area contributed by atoms with Gasteiger partial charge in [-0.3, -0.25) is 9.59 Å². The second-order valence-electron chi connectivity index (χ2n) is 11.4. The summed E-state index contributed by atoms with van der Waals surface area (Å²) in [6, 6.07) is 15.6. The van der Waals surface area contributed by atoms with Gasteiger partial charge >= 0.3 is 5.97 Å². The van der Waals surface area contributed by atoms with Crippen LogP contribution in [0.4, 0.5) is 5.69 Å². The molecule has 42 heavy (non-hydrogen) atoms. The van der Waals surface area contributed by atoms with Crippen LogP contribution in [0.25, 0.3) is 11.0 Å². The molecule has 0 radical (unpaired) electrons. The van der Waals surface area contributed by atoms with Crippen molar-refractivity contribution < 1.29 is 24.2 Å². The summed E-state index contributed by atoms with van der Waals surface area (Å²) in [5, 5.41) is 16.3. The Hall–Kier alpha value is -4.47. The third-order valence-electron chi connectivity index (χ3n) is 8.45. The molecule has 3 aromatic rings. The highest BCUT2D eigenvalue weighted by molar-refractivity contribution is 5.96. The number of benzene rings is 2. The van der Waals surface area contributed by atoms with E-state index in [1.807, 2.05) is 66.7 Å². The van der Waals surface area contributed by atoms with Crippen molar-refractivity contribution in [2.24, 2.45) is 5.92 Å². The van der Waals surface area contributed by atoms with E-state index in [2.05, 4.69) is 20.6 Å². The van der Waals surface area contributed by atoms with Gasteiger partial charge in [0.15, 0.2) is 0 Å². The molecule has 2 aromatic carbocycles. The smallest absolute Gasteiger partial charge is 0.330 e. The predicted molar refractivity (Wildman–Crippen MR) is 157 cm³/mol. The number of aliphatic carboxylic acids is 1. The molecule has 10 nitrogen and oxygen atoms in total. The standard InChI is InChI=1S/C32H35N5O5/c38-29-27-17-23(42-28-19-33-24-14-9-10-15-25(24)35-28)20-37(27)30(39)26(34-22-12-6-4-7-13-22)16-8-3-1-2-5-11-21-18-32(21,36-29)31(40)41/h4-7,9-15,19,21,23,26-27,34H,1-3,8,16-18,20H2,(H,36,38)(H,40,41)/t21-,23-,26+,27+,32-/m1/s1. The molecule has 0 bridgehead atoms. The number of anilines is 1. The number of hydrogen-bond acceptors (Lipinski definition) is 7. The van der Waals surface area contributed by atoms with Crippen molar-refractivity contribution in [1.29, 1.82) is 0 Å². The molecule has 0 unspecified atom stereocenters. The Kier molecular flexibility index (Phi) is 7.78. The van der Waals surface area contributed by atoms with Gasteiger partial charge in [-0.1, -0.05) is 55.3 Å². The van der Waals surface area contributed by atoms with Crippen molar-refractivity contribution in [3.8, 4) is 5.88 Å². The maximum absolute atomic E-state index is 14.2. The summed E-state index contributed by atoms with van der Waals surface area (Å²) in [5.74, 6) is -1.72. The number of carboxylic acids is 1. The van der Waals surface area contributed by atoms with Crippen LogP contribution in [0.2, 0.25) is 0 Å². The van der Waals surface area contributed by atoms with Gasteiger partial charge in [-0.05, 0) is 49.9 Å². The predicted octanol–water partition coefficient (Wildman–Crippen LogP) is 3.94. The van der Waals surface area contributed by atoms with E-state index in [1.54, 1.807) is 11.1 Å². The number of amides is 2. The normalized spacial score (nSPS) is 28.1. The summed E-state index contributed by atoms with van der Waals surface area (Å²) in [6.07, 6.45) is 9.64. The van der Waals surface area contributed by atoms with Gasteiger partial charge in [0.2, 0.25) is 17.7 Å². The number of carboxylic acid groups (broad SMARTS) is 1. The van der Waals surface area contributed by atoms with Gasteiger partial charge in [0.25, 0.3) is 0 Å². The zero-order valence-electron chi connectivity index (χ0n) is 23.3. The summed E-state index contributed by atoms with van der Waals surface area (Å²) >= 11 is 0. The Morgan fingerprint density at radius 2 is 1.83 bits per heavy atom. The molecule has 1 aliphatic carbocycles. The highest BCUT2D eigenvalue weighted by atomic mass is 16.5. The minimum Gasteiger partial charge on any atom is -0.479 e. The molecule has 6 rings (SSSR count). The minimum atomic E-state index is -1.35. The molecule has 10 heteroatoms. The van der Waals surface area contributed by atoms with Crippen LogP contribution in [0.1, 0.15) is 44.9 Å². The maximum Gasteiger partial charge on any atom is 0.330 e. The van der Waals surface area contributed by atoms with Crippen LogP contribution in [-0.2, 0) is 14.4 Å². The molecule has 3 heterocycles. The van der Waals surface area contributed by atoms with Gasteiger partial charge in [0, 0.05) is 18.0 Å². The number of allylic oxidation sites excluding steroid dienone is 1. The van der Waals surface area contributed by atoms with Crippen LogP contribution in [0.3, 0.4) is 0 Å². The third kappa shape index (κ3) is 5.79. The fourth-order valence-corrected chi connectivity index (χ4v) is 6.05. The van der Waals surface area contributed by atoms with Crippen LogP contribution in [0, 0.1) is 5.92 Å². The monoisotopic (exact) mass is 569 g/mol. The van der Waals surface area contributed by atoms with Gasteiger partial charge in [0.1, 0.15) is 23.7 Å². The molecule has 218 valence electrons. The number of fused-ring (bicyclic) bond motifs is 3. The topological polar surface area (TPSA) is 134 Å². The molecule has 5 atom stereocenters. The number of para-hydroxylation sites is 3. The van der Waals surface area contributed by atoms with E-state index in [-0.39, 0.29) is 24.8 Å². The van der Waals surface area contributed by atoms with Crippen LogP contribution >= 0.6 is 0 Å². The lowest BCUT2D eigenvalue weighted by atomic mass is 10.0. The minimum absolute atomic E-state index is 0.168. The van der Waals surface area contributed by atoms with E-state index in [0.29, 0.717) is 24.2 Å². The van der Waals surface area contributed by atoms with Gasteiger partial charge in [-0.2, -0.15) is 0 Å². The van der Waals surface area contributed by atoms with Crippen LogP contribution in [0.15, 0.2) is 72.9 Å². The molecule has 1 saturated heterocycles. The van der Waals surface area contributed by atoms with E-state index < -0.39 is 35.6 Å². The third-order valence-corrected chi connectivity index (χ3v) is 8.45. The lowest BCUT2D eigenvalue weighted by Crippen LogP contribution is -2.55. The fourth-order valence-electron chi connectivity index (χ4n) is 6.05. The van der Waals surface area contributed by atoms with E-state index in [0.717, 1.165) is 36.9 Å². The molecular formula is C32H35N5O5. The van der Waals surface area contributed by atoms with Gasteiger partial charge < -0.3 is 25.4 Å². The number of hydrogen-bond donors (Lipinski definition) is 3. The molecule has 3 N–H and O–H groups in total. The average molecular weight is 570 g/mol. The first kappa shape index (κ1) is 27.7. The molecule has 1 aromatic heterocycles. The van der Waals surface area contributed by atoms with Crippen molar-refractivity contribution in [2.45, 2.75) is 68.7 Å². The number of ether oxygens (including phenoxy) is 1. The van der Waals surface area contributed by atoms with Crippen LogP contribution < -0.4 is 15.4 Å². The Balaban J connectivity index is 1.28. The van der Waals surface area contributed by atoms with Gasteiger partial charge in [0.05, 0.1) is 23.8 Å². The van der Waals surface area contributed by atoms with Crippen molar-refractivity contribution in [3.63, 3.8) is 0 Å². The maximum atomic E-state index is 14.2. The Morgan fingerprint density at radius 1 is 1.05 bits per heavy atom. The van der Waals surface area contributed by atoms with Crippen molar-refractivity contribution in [2.75, 3.05) is 11.9 Å². The lowest BCUT2D eigenvalue weighted by Gasteiger charge is -2.30. The number of nitrogens with one attached hydrogen (secondary N) is 2. The number of aromatic nitrogens is 2. The highest BCUT2D eigenvalue weighted by Crippen LogP contribution is 2.45. The van der Waals surface area contributed by atoms with Crippen molar-refractivity contribution in [3.05, 3.63) is 72.9 Å². The highest BCUT2D eigenvalue weighted by Gasteiger charge is 2.61. The summed E-state index contributed by atoms with van der Waals surface area (Å²) in [7, 11) is 0. The zero-order chi connectivity index (χ0) is 29.1. The van der Waals surface area contributed by atoms with E-state index in [1.165, 1.54) is 0 Å². The molecule has 2 aliphatic heterocycles. The first-order valence-electron chi connectivity index (χ1n) is 14.7. The summed E-state index contributed by atoms with van der Waals surface area (Å²) < 4.78 is 6.19. The van der Waals surface area contributed by atoms with Crippen LogP contribution in [0.5, 0.6) is 5.88 Å². The van der Waals surface area contributed by atoms with Crippen molar-refractivity contribution >= 4 is 34.5 Å². The first-order valence-corrected chi connectivity index (χ1v) is 14.7. The second kappa shape index (κ2) is 11.8. The molecular weight excluding hydrogens is 534 g/mol. The van der Waals surface area contributed by atoms with E-state index in [9.17, 15) is 19.5 Å². The van der Waals surface area contributed by atoms with Gasteiger partial charge in [-0.25, -0.2) is 14.8 Å². The zero-order valence-corrected chi connectivity index (χ0v) is 23.3. The second-order valence-corrected chi connectivity index (χ2v) is 11.4. The largest absolute Gasteiger partial charge is 0.479 e. The molecule has 1 saturated carbocycles. The fraction of sp³-hybridized carbons (Fsp3) is 0.406. The summed E-state index contributed by atoms with van der Waals surface area (Å²) in [5.41, 5.74) is 0.884. The van der Waals surface area contributed by atoms with E-state index >= 15 is 0 Å². The molecule has 2 amide bonds. The molecule has 2 fully saturated rings. The van der Waals surface area contributed by atoms with Crippen LogP contribution in [-0.4, -0.2) is 68.0 Å². The van der Waals surface area contributed by atoms with Gasteiger partial charge in [-0.15, -0.1) is 0 Å². The Bertz CT molecular complexity index is 1500. The number of carbonyl (C=O) groups excluding carboxylic acids is 2. The summed E-state index contributed by atoms with van der Waals surface area (Å²) in [4.78, 5) is 50.8. The summed E-state index contributed by atoms with van der Waals surface area (Å²) in [6.45, 7) is 0.168.